The normalized spacial score (nSPS) is 12.8. The summed E-state index contributed by atoms with van der Waals surface area (Å²) in [5.41, 5.74) is -0.288. The van der Waals surface area contributed by atoms with Gasteiger partial charge in [-0.15, -0.1) is 0 Å². The molecule has 2 heterocycles. The smallest absolute Gasteiger partial charge is 0.232 e. The third-order valence-electron chi connectivity index (χ3n) is 2.65. The maximum absolute atomic E-state index is 12.0. The van der Waals surface area contributed by atoms with Gasteiger partial charge >= 0.3 is 0 Å². The van der Waals surface area contributed by atoms with Crippen molar-refractivity contribution >= 4 is 9.84 Å². The molecule has 20 heavy (non-hydrogen) atoms. The van der Waals surface area contributed by atoms with Crippen LogP contribution >= 0.6 is 0 Å². The Balaban J connectivity index is 1.99. The van der Waals surface area contributed by atoms with Gasteiger partial charge in [0.15, 0.2) is 15.7 Å². The molecule has 2 aromatic rings. The Morgan fingerprint density at radius 1 is 1.35 bits per heavy atom. The first-order valence-electron chi connectivity index (χ1n) is 6.27. The summed E-state index contributed by atoms with van der Waals surface area (Å²) in [4.78, 5) is 4.13. The van der Waals surface area contributed by atoms with Gasteiger partial charge in [-0.05, 0) is 6.07 Å². The van der Waals surface area contributed by atoms with Crippen LogP contribution in [0.2, 0.25) is 0 Å². The molecule has 7 nitrogen and oxygen atoms in total. The van der Waals surface area contributed by atoms with Crippen LogP contribution in [0.4, 0.5) is 0 Å². The molecule has 0 unspecified atom stereocenters. The third kappa shape index (κ3) is 3.89. The molecule has 0 aliphatic rings. The number of aromatic nitrogens is 4. The number of hydrogen-bond donors (Lipinski definition) is 0. The van der Waals surface area contributed by atoms with Crippen LogP contribution < -0.4 is 0 Å². The minimum Gasteiger partial charge on any atom is -0.339 e. The van der Waals surface area contributed by atoms with E-state index in [0.717, 1.165) is 0 Å². The minimum absolute atomic E-state index is 0.00588. The molecule has 2 aromatic heterocycles. The van der Waals surface area contributed by atoms with E-state index in [2.05, 4.69) is 15.2 Å². The van der Waals surface area contributed by atoms with Crippen LogP contribution in [-0.2, 0) is 27.5 Å². The van der Waals surface area contributed by atoms with Crippen molar-refractivity contribution in [1.29, 1.82) is 0 Å². The predicted octanol–water partition coefficient (Wildman–Crippen LogP) is 1.18. The highest BCUT2D eigenvalue weighted by Gasteiger charge is 2.23. The van der Waals surface area contributed by atoms with Crippen molar-refractivity contribution in [1.82, 2.24) is 19.9 Å². The van der Waals surface area contributed by atoms with Crippen LogP contribution in [0.5, 0.6) is 0 Å². The van der Waals surface area contributed by atoms with Gasteiger partial charge in [0.1, 0.15) is 5.75 Å². The number of hydrogen-bond acceptors (Lipinski definition) is 6. The number of aryl methyl sites for hydroxylation is 1. The Hall–Kier alpha value is -1.70. The minimum atomic E-state index is -3.29. The molecular weight excluding hydrogens is 280 g/mol. The Labute approximate surface area is 117 Å². The standard InChI is InChI=1S/C12H18N4O3S/c1-12(2,3)11-14-10(15-19-11)9-20(17,18)8-7-16-6-4-5-13-16/h4-6H,7-9H2,1-3H3. The summed E-state index contributed by atoms with van der Waals surface area (Å²) in [5.74, 6) is 0.423. The van der Waals surface area contributed by atoms with E-state index in [1.807, 2.05) is 20.8 Å². The number of rotatable bonds is 5. The Morgan fingerprint density at radius 3 is 2.65 bits per heavy atom. The lowest BCUT2D eigenvalue weighted by Gasteiger charge is -2.10. The first-order chi connectivity index (χ1) is 9.26. The molecule has 0 saturated heterocycles. The zero-order valence-corrected chi connectivity index (χ0v) is 12.6. The Bertz CT molecular complexity index is 653. The van der Waals surface area contributed by atoms with E-state index in [9.17, 15) is 8.42 Å². The second-order valence-electron chi connectivity index (χ2n) is 5.63. The first-order valence-corrected chi connectivity index (χ1v) is 8.09. The van der Waals surface area contributed by atoms with E-state index in [1.54, 1.807) is 23.1 Å². The third-order valence-corrected chi connectivity index (χ3v) is 4.15. The molecule has 0 saturated carbocycles. The largest absolute Gasteiger partial charge is 0.339 e. The molecule has 0 aliphatic heterocycles. The Morgan fingerprint density at radius 2 is 2.10 bits per heavy atom. The number of sulfone groups is 1. The fraction of sp³-hybridized carbons (Fsp3) is 0.583. The summed E-state index contributed by atoms with van der Waals surface area (Å²) in [6, 6.07) is 1.75. The van der Waals surface area contributed by atoms with Crippen molar-refractivity contribution in [2.75, 3.05) is 5.75 Å². The quantitative estimate of drug-likeness (QED) is 0.823. The maximum Gasteiger partial charge on any atom is 0.232 e. The highest BCUT2D eigenvalue weighted by atomic mass is 32.2. The summed E-state index contributed by atoms with van der Waals surface area (Å²) in [6.45, 7) is 6.10. The van der Waals surface area contributed by atoms with E-state index in [-0.39, 0.29) is 22.7 Å². The second-order valence-corrected chi connectivity index (χ2v) is 7.81. The van der Waals surface area contributed by atoms with Crippen molar-refractivity contribution < 1.29 is 12.9 Å². The zero-order chi connectivity index (χ0) is 14.8. The fourth-order valence-corrected chi connectivity index (χ4v) is 2.67. The van der Waals surface area contributed by atoms with Crippen molar-refractivity contribution in [2.45, 2.75) is 38.5 Å². The lowest BCUT2D eigenvalue weighted by Crippen LogP contribution is -2.16. The first kappa shape index (κ1) is 14.7. The van der Waals surface area contributed by atoms with Crippen molar-refractivity contribution in [3.05, 3.63) is 30.2 Å². The van der Waals surface area contributed by atoms with Gasteiger partial charge in [0.25, 0.3) is 0 Å². The molecule has 2 rings (SSSR count). The van der Waals surface area contributed by atoms with Crippen molar-refractivity contribution in [3.8, 4) is 0 Å². The molecular formula is C12H18N4O3S. The Kier molecular flexibility index (Phi) is 3.94. The van der Waals surface area contributed by atoms with E-state index >= 15 is 0 Å². The zero-order valence-electron chi connectivity index (χ0n) is 11.8. The van der Waals surface area contributed by atoms with E-state index in [1.165, 1.54) is 0 Å². The van der Waals surface area contributed by atoms with Crippen LogP contribution in [0.3, 0.4) is 0 Å². The highest BCUT2D eigenvalue weighted by molar-refractivity contribution is 7.90. The fourth-order valence-electron chi connectivity index (χ4n) is 1.55. The van der Waals surface area contributed by atoms with Gasteiger partial charge in [0, 0.05) is 17.8 Å². The molecule has 0 aromatic carbocycles. The molecule has 110 valence electrons. The van der Waals surface area contributed by atoms with Crippen molar-refractivity contribution in [2.24, 2.45) is 0 Å². The summed E-state index contributed by atoms with van der Waals surface area (Å²) in [7, 11) is -3.29. The summed E-state index contributed by atoms with van der Waals surface area (Å²) in [6.07, 6.45) is 3.34. The van der Waals surface area contributed by atoms with Gasteiger partial charge in [-0.1, -0.05) is 25.9 Å². The molecule has 8 heteroatoms. The summed E-state index contributed by atoms with van der Waals surface area (Å²) in [5, 5.41) is 7.69. The van der Waals surface area contributed by atoms with Gasteiger partial charge in [-0.25, -0.2) is 8.42 Å². The molecule has 0 spiro atoms. The van der Waals surface area contributed by atoms with Crippen LogP contribution in [0, 0.1) is 0 Å². The van der Waals surface area contributed by atoms with Gasteiger partial charge < -0.3 is 4.52 Å². The topological polar surface area (TPSA) is 90.9 Å². The number of nitrogens with zero attached hydrogens (tertiary/aromatic N) is 4. The predicted molar refractivity (Wildman–Crippen MR) is 72.7 cm³/mol. The van der Waals surface area contributed by atoms with E-state index in [4.69, 9.17) is 4.52 Å². The van der Waals surface area contributed by atoms with Crippen LogP contribution in [0.25, 0.3) is 0 Å². The van der Waals surface area contributed by atoms with Crippen LogP contribution in [0.1, 0.15) is 32.5 Å². The highest BCUT2D eigenvalue weighted by Crippen LogP contribution is 2.20. The average molecular weight is 298 g/mol. The molecule has 0 radical (unpaired) electrons. The van der Waals surface area contributed by atoms with Gasteiger partial charge in [-0.3, -0.25) is 4.68 Å². The lowest BCUT2D eigenvalue weighted by molar-refractivity contribution is 0.319. The van der Waals surface area contributed by atoms with E-state index in [0.29, 0.717) is 12.4 Å². The molecule has 0 aliphatic carbocycles. The van der Waals surface area contributed by atoms with Gasteiger partial charge in [0.05, 0.1) is 12.3 Å². The maximum atomic E-state index is 12.0. The lowest BCUT2D eigenvalue weighted by atomic mass is 9.97. The average Bonchev–Trinajstić information content (AvgIpc) is 2.95. The molecule has 0 bridgehead atoms. The second kappa shape index (κ2) is 5.35. The molecule has 0 atom stereocenters. The van der Waals surface area contributed by atoms with Crippen molar-refractivity contribution in [3.63, 3.8) is 0 Å². The molecule has 0 amide bonds. The molecule has 0 fully saturated rings. The van der Waals surface area contributed by atoms with Crippen LogP contribution in [0.15, 0.2) is 23.0 Å². The summed E-state index contributed by atoms with van der Waals surface area (Å²) < 4.78 is 30.6. The monoisotopic (exact) mass is 298 g/mol. The van der Waals surface area contributed by atoms with Gasteiger partial charge in [-0.2, -0.15) is 10.1 Å². The SMILES string of the molecule is CC(C)(C)c1nc(CS(=O)(=O)CCn2cccn2)no1. The van der Waals surface area contributed by atoms with E-state index < -0.39 is 9.84 Å². The van der Waals surface area contributed by atoms with Crippen LogP contribution in [-0.4, -0.2) is 34.1 Å². The molecule has 0 N–H and O–H groups in total. The van der Waals surface area contributed by atoms with Gasteiger partial charge in [0.2, 0.25) is 5.89 Å². The summed E-state index contributed by atoms with van der Waals surface area (Å²) >= 11 is 0.